The second-order valence-corrected chi connectivity index (χ2v) is 11.9. The van der Waals surface area contributed by atoms with Crippen molar-refractivity contribution >= 4 is 61.5 Å². The highest BCUT2D eigenvalue weighted by molar-refractivity contribution is 8.18. The first-order valence-corrected chi connectivity index (χ1v) is 14.4. The molecule has 0 spiro atoms. The van der Waals surface area contributed by atoms with Crippen molar-refractivity contribution in [1.82, 2.24) is 19.4 Å². The molecule has 0 unspecified atom stereocenters. The second-order valence-electron chi connectivity index (χ2n) is 8.71. The largest absolute Gasteiger partial charge is 0.416 e. The van der Waals surface area contributed by atoms with Gasteiger partial charge in [0, 0.05) is 23.0 Å². The lowest BCUT2D eigenvalue weighted by atomic mass is 10.1. The molecule has 0 aliphatic carbocycles. The number of rotatable bonds is 8. The van der Waals surface area contributed by atoms with Gasteiger partial charge >= 0.3 is 6.18 Å². The summed E-state index contributed by atoms with van der Waals surface area (Å²) < 4.78 is 67.4. The van der Waals surface area contributed by atoms with Gasteiger partial charge in [-0.25, -0.2) is 13.1 Å². The third-order valence-corrected chi connectivity index (χ3v) is 7.72. The predicted molar refractivity (Wildman–Crippen MR) is 140 cm³/mol. The fourth-order valence-electron chi connectivity index (χ4n) is 4.01. The monoisotopic (exact) mass is 586 g/mol. The molecule has 1 aliphatic heterocycles. The van der Waals surface area contributed by atoms with Gasteiger partial charge in [-0.15, -0.1) is 0 Å². The summed E-state index contributed by atoms with van der Waals surface area (Å²) in [6.07, 6.45) is -0.142. The van der Waals surface area contributed by atoms with Crippen LogP contribution >= 0.6 is 23.4 Å². The Balaban J connectivity index is 1.55. The highest BCUT2D eigenvalue weighted by atomic mass is 35.5. The van der Waals surface area contributed by atoms with E-state index in [1.807, 2.05) is 0 Å². The highest BCUT2D eigenvalue weighted by Gasteiger charge is 2.37. The van der Waals surface area contributed by atoms with E-state index in [1.54, 1.807) is 25.1 Å². The maximum atomic E-state index is 13.5. The fourth-order valence-corrected chi connectivity index (χ4v) is 5.88. The highest BCUT2D eigenvalue weighted by Crippen LogP contribution is 2.35. The van der Waals surface area contributed by atoms with E-state index in [-0.39, 0.29) is 28.6 Å². The van der Waals surface area contributed by atoms with Gasteiger partial charge in [-0.05, 0) is 59.7 Å². The SMILES string of the molecule is CC[C@@H](CN1C(=O)S/C(=C\c2ccc3c(cnn3Cc3ccc(Cl)cc3C(F)(F)F)c2)C1=O)NS(C)(=O)=O. The zero-order chi connectivity index (χ0) is 27.8. The molecule has 1 atom stereocenters. The average Bonchev–Trinajstić information content (AvgIpc) is 3.33. The number of carbonyl (C=O) groups excluding carboxylic acids is 2. The maximum Gasteiger partial charge on any atom is 0.416 e. The van der Waals surface area contributed by atoms with Crippen LogP contribution in [0.1, 0.15) is 30.0 Å². The number of benzene rings is 2. The van der Waals surface area contributed by atoms with E-state index in [1.165, 1.54) is 29.1 Å². The van der Waals surface area contributed by atoms with Crippen LogP contribution in [0.25, 0.3) is 17.0 Å². The summed E-state index contributed by atoms with van der Waals surface area (Å²) in [7, 11) is -3.51. The van der Waals surface area contributed by atoms with E-state index >= 15 is 0 Å². The summed E-state index contributed by atoms with van der Waals surface area (Å²) in [6.45, 7) is 1.51. The first kappa shape index (κ1) is 28.1. The third-order valence-electron chi connectivity index (χ3n) is 5.81. The van der Waals surface area contributed by atoms with E-state index in [2.05, 4.69) is 9.82 Å². The number of nitrogens with zero attached hydrogens (tertiary/aromatic N) is 3. The molecule has 1 saturated heterocycles. The van der Waals surface area contributed by atoms with Crippen molar-refractivity contribution in [2.75, 3.05) is 12.8 Å². The van der Waals surface area contributed by atoms with Crippen molar-refractivity contribution in [2.24, 2.45) is 0 Å². The van der Waals surface area contributed by atoms with Crippen LogP contribution in [0.3, 0.4) is 0 Å². The molecule has 1 aromatic heterocycles. The minimum absolute atomic E-state index is 0.0143. The lowest BCUT2D eigenvalue weighted by Crippen LogP contribution is -2.44. The Labute approximate surface area is 225 Å². The Morgan fingerprint density at radius 1 is 1.18 bits per heavy atom. The number of carbonyl (C=O) groups is 2. The summed E-state index contributed by atoms with van der Waals surface area (Å²) >= 11 is 6.52. The summed E-state index contributed by atoms with van der Waals surface area (Å²) in [5.41, 5.74) is 0.348. The van der Waals surface area contributed by atoms with Crippen molar-refractivity contribution in [3.05, 3.63) is 69.2 Å². The Kier molecular flexibility index (Phi) is 7.94. The van der Waals surface area contributed by atoms with Gasteiger partial charge in [0.15, 0.2) is 0 Å². The van der Waals surface area contributed by atoms with Gasteiger partial charge < -0.3 is 0 Å². The zero-order valence-corrected chi connectivity index (χ0v) is 22.5. The molecule has 8 nitrogen and oxygen atoms in total. The first-order chi connectivity index (χ1) is 17.7. The summed E-state index contributed by atoms with van der Waals surface area (Å²) in [5, 5.41) is 4.33. The quantitative estimate of drug-likeness (QED) is 0.368. The second kappa shape index (κ2) is 10.7. The number of imide groups is 1. The number of aromatic nitrogens is 2. The molecule has 2 aromatic carbocycles. The molecule has 3 aromatic rings. The molecule has 0 bridgehead atoms. The zero-order valence-electron chi connectivity index (χ0n) is 20.1. The standard InChI is InChI=1S/C24H22ClF3N4O4S2/c1-3-18(30-38(2,35)36)13-31-22(33)21(37-23(31)34)9-14-4-7-20-16(8-14)11-29-32(20)12-15-5-6-17(25)10-19(15)24(26,27)28/h4-11,18,30H,3,12-13H2,1-2H3/b21-9-/t18-/m0/s1. The minimum atomic E-state index is -4.57. The van der Waals surface area contributed by atoms with E-state index in [9.17, 15) is 31.2 Å². The number of sulfonamides is 1. The maximum absolute atomic E-state index is 13.5. The number of hydrogen-bond donors (Lipinski definition) is 1. The van der Waals surface area contributed by atoms with Crippen LogP contribution in [0.4, 0.5) is 18.0 Å². The number of nitrogens with one attached hydrogen (secondary N) is 1. The normalized spacial score (nSPS) is 16.7. The van der Waals surface area contributed by atoms with E-state index in [4.69, 9.17) is 11.6 Å². The Bertz CT molecular complexity index is 1550. The summed E-state index contributed by atoms with van der Waals surface area (Å²) in [6, 6.07) is 8.03. The minimum Gasteiger partial charge on any atom is -0.268 e. The van der Waals surface area contributed by atoms with Gasteiger partial charge in [-0.1, -0.05) is 30.7 Å². The lowest BCUT2D eigenvalue weighted by Gasteiger charge is -2.20. The molecule has 1 aliphatic rings. The molecule has 4 rings (SSSR count). The van der Waals surface area contributed by atoms with Crippen molar-refractivity contribution in [3.8, 4) is 0 Å². The third kappa shape index (κ3) is 6.40. The van der Waals surface area contributed by atoms with Gasteiger partial charge in [-0.2, -0.15) is 18.3 Å². The van der Waals surface area contributed by atoms with Gasteiger partial charge in [0.05, 0.1) is 35.0 Å². The topological polar surface area (TPSA) is 101 Å². The Morgan fingerprint density at radius 2 is 1.92 bits per heavy atom. The van der Waals surface area contributed by atoms with Crippen LogP contribution in [0.2, 0.25) is 5.02 Å². The van der Waals surface area contributed by atoms with Crippen LogP contribution < -0.4 is 4.72 Å². The number of halogens is 4. The van der Waals surface area contributed by atoms with Gasteiger partial charge in [0.2, 0.25) is 10.0 Å². The number of hydrogen-bond acceptors (Lipinski definition) is 6. The fraction of sp³-hybridized carbons (Fsp3) is 0.292. The molecule has 38 heavy (non-hydrogen) atoms. The smallest absolute Gasteiger partial charge is 0.268 e. The molecule has 1 fully saturated rings. The van der Waals surface area contributed by atoms with Gasteiger partial charge in [0.1, 0.15) is 0 Å². The molecule has 1 N–H and O–H groups in total. The Morgan fingerprint density at radius 3 is 2.58 bits per heavy atom. The predicted octanol–water partition coefficient (Wildman–Crippen LogP) is 5.12. The molecule has 202 valence electrons. The van der Waals surface area contributed by atoms with Gasteiger partial charge in [-0.3, -0.25) is 19.2 Å². The summed E-state index contributed by atoms with van der Waals surface area (Å²) in [4.78, 5) is 26.5. The number of thioether (sulfide) groups is 1. The van der Waals surface area contributed by atoms with Crippen LogP contribution in [0.5, 0.6) is 0 Å². The first-order valence-electron chi connectivity index (χ1n) is 11.3. The van der Waals surface area contributed by atoms with Crippen LogP contribution in [0, 0.1) is 0 Å². The lowest BCUT2D eigenvalue weighted by molar-refractivity contribution is -0.138. The van der Waals surface area contributed by atoms with Crippen LogP contribution in [-0.2, 0) is 27.5 Å². The number of alkyl halides is 3. The summed E-state index contributed by atoms with van der Waals surface area (Å²) in [5.74, 6) is -0.535. The number of fused-ring (bicyclic) bond motifs is 1. The van der Waals surface area contributed by atoms with Crippen LogP contribution in [0.15, 0.2) is 47.5 Å². The van der Waals surface area contributed by atoms with Crippen molar-refractivity contribution in [1.29, 1.82) is 0 Å². The molecule has 0 radical (unpaired) electrons. The Hall–Kier alpha value is -2.87. The van der Waals surface area contributed by atoms with Crippen LogP contribution in [-0.4, -0.2) is 53.1 Å². The van der Waals surface area contributed by atoms with Crippen molar-refractivity contribution in [2.45, 2.75) is 32.1 Å². The van der Waals surface area contributed by atoms with E-state index in [0.717, 1.165) is 29.0 Å². The van der Waals surface area contributed by atoms with Crippen molar-refractivity contribution < 1.29 is 31.2 Å². The molecule has 14 heteroatoms. The van der Waals surface area contributed by atoms with Gasteiger partial charge in [0.25, 0.3) is 11.1 Å². The molecule has 2 amide bonds. The molecular formula is C24H22ClF3N4O4S2. The van der Waals surface area contributed by atoms with Crippen molar-refractivity contribution in [3.63, 3.8) is 0 Å². The molecule has 2 heterocycles. The van der Waals surface area contributed by atoms with E-state index in [0.29, 0.717) is 22.9 Å². The molecular weight excluding hydrogens is 565 g/mol. The van der Waals surface area contributed by atoms with E-state index < -0.39 is 39.0 Å². The number of amides is 2. The molecule has 0 saturated carbocycles. The average molecular weight is 587 g/mol.